The van der Waals surface area contributed by atoms with Gasteiger partial charge < -0.3 is 5.32 Å². The second-order valence-electron chi connectivity index (χ2n) is 4.52. The molecule has 1 saturated heterocycles. The molecule has 0 saturated carbocycles. The zero-order valence-corrected chi connectivity index (χ0v) is 12.2. The van der Waals surface area contributed by atoms with Crippen molar-refractivity contribution in [3.8, 4) is 0 Å². The second-order valence-corrected chi connectivity index (χ2v) is 8.47. The van der Waals surface area contributed by atoms with Gasteiger partial charge in [0.2, 0.25) is 0 Å². The number of nitrogens with one attached hydrogen (secondary N) is 1. The quantitative estimate of drug-likeness (QED) is 0.630. The van der Waals surface area contributed by atoms with Crippen LogP contribution in [0.25, 0.3) is 0 Å². The standard InChI is InChI=1S/C10H19NO2S3/c1-3-4-6-15-9(14)11-10(2)5-7-16(12,13)8-10/h3-8H2,1-2H3,(H,11,14). The van der Waals surface area contributed by atoms with Gasteiger partial charge in [-0.25, -0.2) is 8.42 Å². The monoisotopic (exact) mass is 281 g/mol. The summed E-state index contributed by atoms with van der Waals surface area (Å²) >= 11 is 6.82. The molecule has 1 fully saturated rings. The summed E-state index contributed by atoms with van der Waals surface area (Å²) in [7, 11) is -2.86. The maximum absolute atomic E-state index is 11.4. The second kappa shape index (κ2) is 5.69. The van der Waals surface area contributed by atoms with Crippen LogP contribution >= 0.6 is 24.0 Å². The molecule has 0 spiro atoms. The van der Waals surface area contributed by atoms with Crippen molar-refractivity contribution in [1.82, 2.24) is 5.32 Å². The lowest BCUT2D eigenvalue weighted by molar-refractivity contribution is 0.477. The lowest BCUT2D eigenvalue weighted by atomic mass is 10.0. The molecular weight excluding hydrogens is 262 g/mol. The van der Waals surface area contributed by atoms with E-state index >= 15 is 0 Å². The fourth-order valence-electron chi connectivity index (χ4n) is 1.70. The van der Waals surface area contributed by atoms with Crippen molar-refractivity contribution >= 4 is 38.1 Å². The summed E-state index contributed by atoms with van der Waals surface area (Å²) in [5.74, 6) is 1.48. The van der Waals surface area contributed by atoms with E-state index in [2.05, 4.69) is 12.2 Å². The number of thioether (sulfide) groups is 1. The molecule has 1 unspecified atom stereocenters. The smallest absolute Gasteiger partial charge is 0.152 e. The summed E-state index contributed by atoms with van der Waals surface area (Å²) in [6, 6.07) is 0. The van der Waals surface area contributed by atoms with Crippen LogP contribution in [0.5, 0.6) is 0 Å². The van der Waals surface area contributed by atoms with Gasteiger partial charge in [-0.2, -0.15) is 0 Å². The van der Waals surface area contributed by atoms with E-state index in [4.69, 9.17) is 12.2 Å². The van der Waals surface area contributed by atoms with Gasteiger partial charge in [-0.1, -0.05) is 37.3 Å². The molecule has 1 aliphatic heterocycles. The molecule has 0 radical (unpaired) electrons. The topological polar surface area (TPSA) is 46.2 Å². The number of sulfone groups is 1. The highest BCUT2D eigenvalue weighted by Crippen LogP contribution is 2.24. The first-order valence-electron chi connectivity index (χ1n) is 5.52. The highest BCUT2D eigenvalue weighted by molar-refractivity contribution is 8.22. The largest absolute Gasteiger partial charge is 0.365 e. The predicted molar refractivity (Wildman–Crippen MR) is 74.8 cm³/mol. The highest BCUT2D eigenvalue weighted by atomic mass is 32.2. The first-order chi connectivity index (χ1) is 7.37. The third-order valence-corrected chi connectivity index (χ3v) is 5.85. The Morgan fingerprint density at radius 1 is 1.56 bits per heavy atom. The maximum Gasteiger partial charge on any atom is 0.152 e. The Balaban J connectivity index is 2.39. The van der Waals surface area contributed by atoms with E-state index in [0.29, 0.717) is 6.42 Å². The zero-order chi connectivity index (χ0) is 12.2. The molecule has 3 nitrogen and oxygen atoms in total. The summed E-state index contributed by atoms with van der Waals surface area (Å²) in [6.07, 6.45) is 2.95. The summed E-state index contributed by atoms with van der Waals surface area (Å²) in [5.41, 5.74) is -0.352. The minimum Gasteiger partial charge on any atom is -0.365 e. The molecule has 1 aliphatic rings. The van der Waals surface area contributed by atoms with Gasteiger partial charge in [-0.15, -0.1) is 0 Å². The molecule has 94 valence electrons. The molecule has 0 aromatic carbocycles. The van der Waals surface area contributed by atoms with Gasteiger partial charge in [-0.3, -0.25) is 0 Å². The van der Waals surface area contributed by atoms with Crippen LogP contribution in [0.2, 0.25) is 0 Å². The molecule has 0 aliphatic carbocycles. The molecule has 6 heteroatoms. The van der Waals surface area contributed by atoms with Gasteiger partial charge >= 0.3 is 0 Å². The van der Waals surface area contributed by atoms with Gasteiger partial charge in [-0.05, 0) is 19.8 Å². The SMILES string of the molecule is CCCCSC(=S)NC1(C)CCS(=O)(=O)C1. The number of thiocarbonyl (C=S) groups is 1. The predicted octanol–water partition coefficient (Wildman–Crippen LogP) is 1.97. The van der Waals surface area contributed by atoms with Crippen molar-refractivity contribution in [2.75, 3.05) is 17.3 Å². The lowest BCUT2D eigenvalue weighted by Gasteiger charge is -2.25. The Bertz CT molecular complexity index is 353. The molecule has 1 heterocycles. The fraction of sp³-hybridized carbons (Fsp3) is 0.900. The maximum atomic E-state index is 11.4. The van der Waals surface area contributed by atoms with E-state index in [9.17, 15) is 8.42 Å². The number of unbranched alkanes of at least 4 members (excludes halogenated alkanes) is 1. The molecule has 1 rings (SSSR count). The van der Waals surface area contributed by atoms with Crippen LogP contribution in [0.3, 0.4) is 0 Å². The Kier molecular flexibility index (Phi) is 5.07. The highest BCUT2D eigenvalue weighted by Gasteiger charge is 2.38. The normalized spacial score (nSPS) is 27.9. The minimum atomic E-state index is -2.86. The summed E-state index contributed by atoms with van der Waals surface area (Å²) in [5, 5.41) is 3.18. The van der Waals surface area contributed by atoms with E-state index in [1.807, 2.05) is 6.92 Å². The van der Waals surface area contributed by atoms with Crippen LogP contribution in [-0.4, -0.2) is 35.5 Å². The Morgan fingerprint density at radius 2 is 2.25 bits per heavy atom. The average Bonchev–Trinajstić information content (AvgIpc) is 2.40. The molecule has 16 heavy (non-hydrogen) atoms. The zero-order valence-electron chi connectivity index (χ0n) is 9.78. The third-order valence-electron chi connectivity index (χ3n) is 2.64. The van der Waals surface area contributed by atoms with Crippen molar-refractivity contribution in [2.45, 2.75) is 38.6 Å². The third kappa shape index (κ3) is 4.59. The Labute approximate surface area is 108 Å². The first-order valence-corrected chi connectivity index (χ1v) is 8.74. The Morgan fingerprint density at radius 3 is 2.75 bits per heavy atom. The van der Waals surface area contributed by atoms with E-state index in [1.165, 1.54) is 0 Å². The number of hydrogen-bond donors (Lipinski definition) is 1. The first kappa shape index (κ1) is 14.3. The summed E-state index contributed by atoms with van der Waals surface area (Å²) in [4.78, 5) is 0. The number of rotatable bonds is 4. The van der Waals surface area contributed by atoms with Gasteiger partial charge in [0.05, 0.1) is 17.0 Å². The van der Waals surface area contributed by atoms with Gasteiger partial charge in [0.1, 0.15) is 4.32 Å². The summed E-state index contributed by atoms with van der Waals surface area (Å²) in [6.45, 7) is 4.08. The fourth-order valence-corrected chi connectivity index (χ4v) is 5.23. The van der Waals surface area contributed by atoms with Crippen molar-refractivity contribution in [3.05, 3.63) is 0 Å². The van der Waals surface area contributed by atoms with Gasteiger partial charge in [0.25, 0.3) is 0 Å². The van der Waals surface area contributed by atoms with Crippen LogP contribution in [0.15, 0.2) is 0 Å². The van der Waals surface area contributed by atoms with E-state index in [-0.39, 0.29) is 17.0 Å². The molecular formula is C10H19NO2S3. The molecule has 0 aromatic heterocycles. The molecule has 0 amide bonds. The van der Waals surface area contributed by atoms with Gasteiger partial charge in [0.15, 0.2) is 9.84 Å². The van der Waals surface area contributed by atoms with Crippen molar-refractivity contribution < 1.29 is 8.42 Å². The lowest BCUT2D eigenvalue weighted by Crippen LogP contribution is -2.45. The number of hydrogen-bond acceptors (Lipinski definition) is 4. The molecule has 1 atom stereocenters. The van der Waals surface area contributed by atoms with Crippen molar-refractivity contribution in [2.24, 2.45) is 0 Å². The van der Waals surface area contributed by atoms with E-state index < -0.39 is 9.84 Å². The van der Waals surface area contributed by atoms with E-state index in [1.54, 1.807) is 11.8 Å². The van der Waals surface area contributed by atoms with Crippen LogP contribution in [0.1, 0.15) is 33.1 Å². The van der Waals surface area contributed by atoms with E-state index in [0.717, 1.165) is 22.9 Å². The van der Waals surface area contributed by atoms with Crippen LogP contribution in [-0.2, 0) is 9.84 Å². The summed E-state index contributed by atoms with van der Waals surface area (Å²) < 4.78 is 23.5. The van der Waals surface area contributed by atoms with Crippen molar-refractivity contribution in [3.63, 3.8) is 0 Å². The molecule has 0 aromatic rings. The van der Waals surface area contributed by atoms with Crippen LogP contribution in [0, 0.1) is 0 Å². The van der Waals surface area contributed by atoms with Crippen LogP contribution in [0.4, 0.5) is 0 Å². The van der Waals surface area contributed by atoms with Crippen LogP contribution < -0.4 is 5.32 Å². The average molecular weight is 281 g/mol. The van der Waals surface area contributed by atoms with Gasteiger partial charge in [0, 0.05) is 5.75 Å². The Hall–Kier alpha value is 0.190. The van der Waals surface area contributed by atoms with Crippen molar-refractivity contribution in [1.29, 1.82) is 0 Å². The molecule has 1 N–H and O–H groups in total. The minimum absolute atomic E-state index is 0.203. The molecule has 0 bridgehead atoms.